The molecular formula is C23H30N2O2. The van der Waals surface area contributed by atoms with Crippen LogP contribution in [0.4, 0.5) is 0 Å². The van der Waals surface area contributed by atoms with Crippen molar-refractivity contribution in [3.05, 3.63) is 60.2 Å². The van der Waals surface area contributed by atoms with Crippen LogP contribution in [-0.4, -0.2) is 61.1 Å². The van der Waals surface area contributed by atoms with E-state index in [1.54, 1.807) is 7.11 Å². The van der Waals surface area contributed by atoms with Gasteiger partial charge in [-0.15, -0.1) is 0 Å². The van der Waals surface area contributed by atoms with Gasteiger partial charge in [-0.2, -0.15) is 0 Å². The number of carbonyl (C=O) groups is 1. The lowest BCUT2D eigenvalue weighted by atomic mass is 10.0. The SMILES string of the molecule is COCCCN1C(C)CN(C(=O)c2ccc(-c3ccccc3)cc2)CC1C. The number of hydrogen-bond acceptors (Lipinski definition) is 3. The highest BCUT2D eigenvalue weighted by Crippen LogP contribution is 2.22. The molecule has 0 N–H and O–H groups in total. The lowest BCUT2D eigenvalue weighted by Gasteiger charge is -2.44. The van der Waals surface area contributed by atoms with Crippen LogP contribution in [-0.2, 0) is 4.74 Å². The number of methoxy groups -OCH3 is 1. The van der Waals surface area contributed by atoms with Gasteiger partial charge in [0.1, 0.15) is 0 Å². The smallest absolute Gasteiger partial charge is 0.253 e. The average molecular weight is 367 g/mol. The van der Waals surface area contributed by atoms with Crippen molar-refractivity contribution in [1.82, 2.24) is 9.80 Å². The molecule has 2 aromatic carbocycles. The number of piperazine rings is 1. The van der Waals surface area contributed by atoms with Crippen LogP contribution in [0.2, 0.25) is 0 Å². The second kappa shape index (κ2) is 9.16. The molecule has 1 fully saturated rings. The summed E-state index contributed by atoms with van der Waals surface area (Å²) in [5, 5.41) is 0. The molecule has 1 saturated heterocycles. The Labute approximate surface area is 162 Å². The van der Waals surface area contributed by atoms with E-state index in [2.05, 4.69) is 30.9 Å². The van der Waals surface area contributed by atoms with Gasteiger partial charge in [-0.25, -0.2) is 0 Å². The Kier molecular flexibility index (Phi) is 6.64. The van der Waals surface area contributed by atoms with Crippen molar-refractivity contribution in [1.29, 1.82) is 0 Å². The van der Waals surface area contributed by atoms with Gasteiger partial charge in [0.25, 0.3) is 5.91 Å². The molecule has 4 nitrogen and oxygen atoms in total. The molecular weight excluding hydrogens is 336 g/mol. The maximum atomic E-state index is 13.0. The van der Waals surface area contributed by atoms with Gasteiger partial charge in [-0.05, 0) is 43.5 Å². The first-order valence-corrected chi connectivity index (χ1v) is 9.79. The Morgan fingerprint density at radius 1 is 0.963 bits per heavy atom. The fraction of sp³-hybridized carbons (Fsp3) is 0.435. The van der Waals surface area contributed by atoms with Crippen molar-refractivity contribution in [2.45, 2.75) is 32.4 Å². The molecule has 2 aromatic rings. The summed E-state index contributed by atoms with van der Waals surface area (Å²) in [6, 6.07) is 18.9. The van der Waals surface area contributed by atoms with Gasteiger partial charge in [0.05, 0.1) is 0 Å². The molecule has 3 rings (SSSR count). The number of hydrogen-bond donors (Lipinski definition) is 0. The van der Waals surface area contributed by atoms with Crippen molar-refractivity contribution < 1.29 is 9.53 Å². The highest BCUT2D eigenvalue weighted by atomic mass is 16.5. The number of rotatable bonds is 6. The van der Waals surface area contributed by atoms with E-state index in [9.17, 15) is 4.79 Å². The summed E-state index contributed by atoms with van der Waals surface area (Å²) >= 11 is 0. The summed E-state index contributed by atoms with van der Waals surface area (Å²) in [5.74, 6) is 0.129. The lowest BCUT2D eigenvalue weighted by Crippen LogP contribution is -2.58. The fourth-order valence-electron chi connectivity index (χ4n) is 3.97. The van der Waals surface area contributed by atoms with Crippen LogP contribution < -0.4 is 0 Å². The third-order valence-corrected chi connectivity index (χ3v) is 5.39. The molecule has 0 spiro atoms. The van der Waals surface area contributed by atoms with Gasteiger partial charge in [-0.3, -0.25) is 9.69 Å². The Bertz CT molecular complexity index is 718. The van der Waals surface area contributed by atoms with E-state index in [1.165, 1.54) is 5.56 Å². The number of nitrogens with zero attached hydrogens (tertiary/aromatic N) is 2. The molecule has 0 saturated carbocycles. The van der Waals surface area contributed by atoms with Gasteiger partial charge in [0.15, 0.2) is 0 Å². The largest absolute Gasteiger partial charge is 0.385 e. The second-order valence-electron chi connectivity index (χ2n) is 7.44. The zero-order valence-electron chi connectivity index (χ0n) is 16.6. The van der Waals surface area contributed by atoms with Crippen LogP contribution in [0.25, 0.3) is 11.1 Å². The molecule has 0 aromatic heterocycles. The maximum Gasteiger partial charge on any atom is 0.253 e. The van der Waals surface area contributed by atoms with E-state index in [4.69, 9.17) is 4.74 Å². The molecule has 4 heteroatoms. The minimum Gasteiger partial charge on any atom is -0.385 e. The minimum absolute atomic E-state index is 0.129. The standard InChI is InChI=1S/C23H30N2O2/c1-18-16-24(17-19(2)25(18)14-7-15-27-3)23(26)22-12-10-21(11-13-22)20-8-5-4-6-9-20/h4-6,8-13,18-19H,7,14-17H2,1-3H3. The highest BCUT2D eigenvalue weighted by molar-refractivity contribution is 5.94. The lowest BCUT2D eigenvalue weighted by molar-refractivity contribution is 0.0270. The van der Waals surface area contributed by atoms with Crippen LogP contribution >= 0.6 is 0 Å². The van der Waals surface area contributed by atoms with Gasteiger partial charge >= 0.3 is 0 Å². The summed E-state index contributed by atoms with van der Waals surface area (Å²) in [6.07, 6.45) is 1.03. The van der Waals surface area contributed by atoms with Crippen LogP contribution in [0.1, 0.15) is 30.6 Å². The van der Waals surface area contributed by atoms with Gasteiger partial charge in [-0.1, -0.05) is 42.5 Å². The molecule has 2 atom stereocenters. The highest BCUT2D eigenvalue weighted by Gasteiger charge is 2.31. The average Bonchev–Trinajstić information content (AvgIpc) is 2.70. The second-order valence-corrected chi connectivity index (χ2v) is 7.44. The Morgan fingerprint density at radius 3 is 2.15 bits per heavy atom. The van der Waals surface area contributed by atoms with Crippen molar-refractivity contribution in [2.24, 2.45) is 0 Å². The normalized spacial score (nSPS) is 20.6. The molecule has 0 bridgehead atoms. The Morgan fingerprint density at radius 2 is 1.56 bits per heavy atom. The minimum atomic E-state index is 0.129. The molecule has 1 amide bonds. The number of amides is 1. The summed E-state index contributed by atoms with van der Waals surface area (Å²) in [4.78, 5) is 17.5. The molecule has 1 aliphatic heterocycles. The zero-order valence-corrected chi connectivity index (χ0v) is 16.6. The van der Waals surface area contributed by atoms with Crippen molar-refractivity contribution in [3.63, 3.8) is 0 Å². The monoisotopic (exact) mass is 366 g/mol. The van der Waals surface area contributed by atoms with Gasteiger partial charge in [0, 0.05) is 51.0 Å². The molecule has 1 aliphatic rings. The summed E-state index contributed by atoms with van der Waals surface area (Å²) in [6.45, 7) is 7.77. The Balaban J connectivity index is 1.64. The maximum absolute atomic E-state index is 13.0. The van der Waals surface area contributed by atoms with Crippen LogP contribution in [0.15, 0.2) is 54.6 Å². The zero-order chi connectivity index (χ0) is 19.2. The van der Waals surface area contributed by atoms with E-state index in [-0.39, 0.29) is 5.91 Å². The van der Waals surface area contributed by atoms with E-state index >= 15 is 0 Å². The molecule has 0 radical (unpaired) electrons. The first-order chi connectivity index (χ1) is 13.1. The molecule has 2 unspecified atom stereocenters. The van der Waals surface area contributed by atoms with E-state index in [0.29, 0.717) is 12.1 Å². The van der Waals surface area contributed by atoms with Crippen LogP contribution in [0.3, 0.4) is 0 Å². The van der Waals surface area contributed by atoms with Crippen molar-refractivity contribution in [2.75, 3.05) is 33.4 Å². The van der Waals surface area contributed by atoms with Gasteiger partial charge in [0.2, 0.25) is 0 Å². The Hall–Kier alpha value is -2.17. The van der Waals surface area contributed by atoms with Crippen molar-refractivity contribution >= 4 is 5.91 Å². The quantitative estimate of drug-likeness (QED) is 0.727. The van der Waals surface area contributed by atoms with Crippen LogP contribution in [0.5, 0.6) is 0 Å². The first-order valence-electron chi connectivity index (χ1n) is 9.79. The number of benzene rings is 2. The van der Waals surface area contributed by atoms with E-state index < -0.39 is 0 Å². The molecule has 0 aliphatic carbocycles. The molecule has 144 valence electrons. The molecule has 27 heavy (non-hydrogen) atoms. The predicted molar refractivity (Wildman–Crippen MR) is 110 cm³/mol. The molecule has 1 heterocycles. The summed E-state index contributed by atoms with van der Waals surface area (Å²) in [7, 11) is 1.74. The third-order valence-electron chi connectivity index (χ3n) is 5.39. The van der Waals surface area contributed by atoms with E-state index in [0.717, 1.165) is 43.8 Å². The summed E-state index contributed by atoms with van der Waals surface area (Å²) in [5.41, 5.74) is 3.07. The number of ether oxygens (including phenoxy) is 1. The van der Waals surface area contributed by atoms with Crippen LogP contribution in [0, 0.1) is 0 Å². The third kappa shape index (κ3) is 4.76. The predicted octanol–water partition coefficient (Wildman–Crippen LogP) is 3.92. The summed E-state index contributed by atoms with van der Waals surface area (Å²) < 4.78 is 5.17. The fourth-order valence-corrected chi connectivity index (χ4v) is 3.97. The van der Waals surface area contributed by atoms with Gasteiger partial charge < -0.3 is 9.64 Å². The van der Waals surface area contributed by atoms with E-state index in [1.807, 2.05) is 47.4 Å². The topological polar surface area (TPSA) is 32.8 Å². The number of carbonyl (C=O) groups excluding carboxylic acids is 1. The van der Waals surface area contributed by atoms with Crippen molar-refractivity contribution in [3.8, 4) is 11.1 Å². The first kappa shape index (κ1) is 19.6.